The van der Waals surface area contributed by atoms with Crippen molar-refractivity contribution < 1.29 is 17.7 Å². The smallest absolute Gasteiger partial charge is 0.267 e. The molecule has 13 heavy (non-hydrogen) atoms. The zero-order valence-electron chi connectivity index (χ0n) is 7.69. The summed E-state index contributed by atoms with van der Waals surface area (Å²) in [6.07, 6.45) is 0.758. The Balaban J connectivity index is 0.00000144. The normalized spacial score (nSPS) is 27.8. The number of ether oxygens (including phenoxy) is 1. The van der Waals surface area contributed by atoms with E-state index in [2.05, 4.69) is 0 Å². The van der Waals surface area contributed by atoms with E-state index in [1.165, 1.54) is 0 Å². The maximum Gasteiger partial charge on any atom is 0.267 e. The molecule has 1 fully saturated rings. The summed E-state index contributed by atoms with van der Waals surface area (Å²) in [7, 11) is -3.88. The highest BCUT2D eigenvalue weighted by Crippen LogP contribution is 2.27. The summed E-state index contributed by atoms with van der Waals surface area (Å²) in [6, 6.07) is 0. The van der Waals surface area contributed by atoms with Crippen LogP contribution in [0.25, 0.3) is 0 Å². The van der Waals surface area contributed by atoms with Crippen LogP contribution in [0.15, 0.2) is 0 Å². The minimum atomic E-state index is -3.88. The van der Waals surface area contributed by atoms with Crippen molar-refractivity contribution in [1.29, 1.82) is 0 Å². The third-order valence-electron chi connectivity index (χ3n) is 2.07. The van der Waals surface area contributed by atoms with E-state index < -0.39 is 21.0 Å². The summed E-state index contributed by atoms with van der Waals surface area (Å²) in [5.74, 6) is 0. The molecule has 0 aromatic heterocycles. The Labute approximate surface area is 84.8 Å². The first-order valence-electron chi connectivity index (χ1n) is 3.91. The first-order valence-corrected chi connectivity index (χ1v) is 5.42. The molecular formula is C7H15ClO4S. The number of rotatable bonds is 1. The largest absolute Gasteiger partial charge is 0.375 e. The Morgan fingerprint density at radius 1 is 1.46 bits per heavy atom. The number of hydrogen-bond donors (Lipinski definition) is 1. The molecule has 6 heteroatoms. The first-order chi connectivity index (χ1) is 5.31. The van der Waals surface area contributed by atoms with Gasteiger partial charge in [0.25, 0.3) is 10.1 Å². The van der Waals surface area contributed by atoms with Gasteiger partial charge in [0.2, 0.25) is 0 Å². The molecule has 0 radical (unpaired) electrons. The minimum Gasteiger partial charge on any atom is -0.375 e. The van der Waals surface area contributed by atoms with E-state index in [4.69, 9.17) is 9.29 Å². The predicted molar refractivity (Wildman–Crippen MR) is 51.8 cm³/mol. The van der Waals surface area contributed by atoms with Crippen LogP contribution in [0.5, 0.6) is 0 Å². The zero-order chi connectivity index (χ0) is 9.41. The van der Waals surface area contributed by atoms with E-state index in [1.54, 1.807) is 0 Å². The highest BCUT2D eigenvalue weighted by molar-refractivity contribution is 7.86. The van der Waals surface area contributed by atoms with Crippen molar-refractivity contribution in [1.82, 2.24) is 0 Å². The van der Waals surface area contributed by atoms with Crippen molar-refractivity contribution >= 4 is 22.5 Å². The van der Waals surface area contributed by atoms with Crippen molar-refractivity contribution in [3.63, 3.8) is 0 Å². The average Bonchev–Trinajstić information content (AvgIpc) is 1.83. The van der Waals surface area contributed by atoms with Crippen molar-refractivity contribution in [2.24, 2.45) is 0 Å². The van der Waals surface area contributed by atoms with Gasteiger partial charge in [0.05, 0.1) is 10.9 Å². The van der Waals surface area contributed by atoms with Gasteiger partial charge in [0, 0.05) is 6.61 Å². The third-order valence-corrected chi connectivity index (χ3v) is 3.32. The molecule has 0 aromatic carbocycles. The van der Waals surface area contributed by atoms with Gasteiger partial charge < -0.3 is 4.74 Å². The van der Waals surface area contributed by atoms with Crippen LogP contribution < -0.4 is 0 Å². The second-order valence-corrected chi connectivity index (χ2v) is 5.43. The fourth-order valence-corrected chi connectivity index (χ4v) is 2.44. The van der Waals surface area contributed by atoms with Crippen LogP contribution >= 0.6 is 12.4 Å². The molecule has 1 N–H and O–H groups in total. The molecule has 0 saturated carbocycles. The van der Waals surface area contributed by atoms with Crippen LogP contribution in [-0.2, 0) is 14.9 Å². The van der Waals surface area contributed by atoms with Gasteiger partial charge in [0.15, 0.2) is 0 Å². The van der Waals surface area contributed by atoms with Crippen molar-refractivity contribution in [2.75, 3.05) is 6.61 Å². The lowest BCUT2D eigenvalue weighted by molar-refractivity contribution is -0.0503. The van der Waals surface area contributed by atoms with Gasteiger partial charge in [0.1, 0.15) is 0 Å². The minimum absolute atomic E-state index is 0. The quantitative estimate of drug-likeness (QED) is 0.689. The summed E-state index contributed by atoms with van der Waals surface area (Å²) in [5.41, 5.74) is -0.432. The Kier molecular flexibility index (Phi) is 4.18. The highest BCUT2D eigenvalue weighted by atomic mass is 35.5. The summed E-state index contributed by atoms with van der Waals surface area (Å²) in [6.45, 7) is 4.05. The van der Waals surface area contributed by atoms with E-state index in [9.17, 15) is 8.42 Å². The second-order valence-electron chi connectivity index (χ2n) is 3.74. The van der Waals surface area contributed by atoms with Crippen LogP contribution in [0.3, 0.4) is 0 Å². The molecule has 0 spiro atoms. The average molecular weight is 231 g/mol. The molecule has 0 amide bonds. The van der Waals surface area contributed by atoms with Crippen LogP contribution in [0.2, 0.25) is 0 Å². The lowest BCUT2D eigenvalue weighted by Gasteiger charge is -2.33. The lowest BCUT2D eigenvalue weighted by atomic mass is 9.98. The molecule has 1 atom stereocenters. The van der Waals surface area contributed by atoms with Crippen LogP contribution in [0.1, 0.15) is 26.7 Å². The van der Waals surface area contributed by atoms with Gasteiger partial charge in [-0.25, -0.2) is 0 Å². The summed E-state index contributed by atoms with van der Waals surface area (Å²) >= 11 is 0. The molecule has 1 unspecified atom stereocenters. The predicted octanol–water partition coefficient (Wildman–Crippen LogP) is 1.25. The second kappa shape index (κ2) is 4.13. The Morgan fingerprint density at radius 2 is 2.00 bits per heavy atom. The molecule has 0 aliphatic carbocycles. The third kappa shape index (κ3) is 3.81. The molecule has 1 aliphatic rings. The molecule has 0 aromatic rings. The molecule has 1 aliphatic heterocycles. The fourth-order valence-electron chi connectivity index (χ4n) is 1.43. The van der Waals surface area contributed by atoms with Crippen LogP contribution in [0.4, 0.5) is 0 Å². The van der Waals surface area contributed by atoms with Gasteiger partial charge in [-0.05, 0) is 26.7 Å². The number of hydrogen-bond acceptors (Lipinski definition) is 3. The van der Waals surface area contributed by atoms with Gasteiger partial charge in [-0.3, -0.25) is 4.55 Å². The fraction of sp³-hybridized carbons (Fsp3) is 1.00. The van der Waals surface area contributed by atoms with E-state index >= 15 is 0 Å². The van der Waals surface area contributed by atoms with Crippen molar-refractivity contribution in [2.45, 2.75) is 37.5 Å². The Hall–Kier alpha value is 0.160. The summed E-state index contributed by atoms with van der Waals surface area (Å²) in [5, 5.41) is -0.652. The van der Waals surface area contributed by atoms with Crippen LogP contribution in [-0.4, -0.2) is 30.4 Å². The summed E-state index contributed by atoms with van der Waals surface area (Å²) < 4.78 is 35.7. The van der Waals surface area contributed by atoms with Gasteiger partial charge in [-0.15, -0.1) is 12.4 Å². The molecule has 0 bridgehead atoms. The topological polar surface area (TPSA) is 63.6 Å². The number of halogens is 1. The van der Waals surface area contributed by atoms with Gasteiger partial charge >= 0.3 is 0 Å². The van der Waals surface area contributed by atoms with E-state index in [1.807, 2.05) is 13.8 Å². The van der Waals surface area contributed by atoms with Gasteiger partial charge in [-0.1, -0.05) is 0 Å². The molecule has 4 nitrogen and oxygen atoms in total. The molecule has 1 rings (SSSR count). The van der Waals surface area contributed by atoms with E-state index in [0.29, 0.717) is 19.4 Å². The Bertz CT molecular complexity index is 260. The molecule has 80 valence electrons. The SMILES string of the molecule is CC1(C)CC(S(=O)(=O)O)CCO1.Cl. The molecular weight excluding hydrogens is 216 g/mol. The maximum absolute atomic E-state index is 10.8. The molecule has 1 saturated heterocycles. The van der Waals surface area contributed by atoms with Crippen molar-refractivity contribution in [3.05, 3.63) is 0 Å². The van der Waals surface area contributed by atoms with E-state index in [-0.39, 0.29) is 12.4 Å². The van der Waals surface area contributed by atoms with E-state index in [0.717, 1.165) is 0 Å². The van der Waals surface area contributed by atoms with Gasteiger partial charge in [-0.2, -0.15) is 8.42 Å². The molecule has 1 heterocycles. The summed E-state index contributed by atoms with van der Waals surface area (Å²) in [4.78, 5) is 0. The first kappa shape index (κ1) is 13.2. The van der Waals surface area contributed by atoms with Crippen LogP contribution in [0, 0.1) is 0 Å². The lowest BCUT2D eigenvalue weighted by Crippen LogP contribution is -2.40. The monoisotopic (exact) mass is 230 g/mol. The maximum atomic E-state index is 10.8. The standard InChI is InChI=1S/C7H14O4S.ClH/c1-7(2)5-6(3-4-11-7)12(8,9)10;/h6H,3-5H2,1-2H3,(H,8,9,10);1H. The Morgan fingerprint density at radius 3 is 2.31 bits per heavy atom. The highest BCUT2D eigenvalue weighted by Gasteiger charge is 2.35. The van der Waals surface area contributed by atoms with Crippen molar-refractivity contribution in [3.8, 4) is 0 Å². The zero-order valence-corrected chi connectivity index (χ0v) is 9.32.